The third-order valence-corrected chi connectivity index (χ3v) is 8.37. The predicted octanol–water partition coefficient (Wildman–Crippen LogP) is 8.28. The lowest BCUT2D eigenvalue weighted by Gasteiger charge is -2.25. The number of hydrogen-bond acceptors (Lipinski definition) is 4. The molecule has 0 radical (unpaired) electrons. The van der Waals surface area contributed by atoms with Gasteiger partial charge in [0.15, 0.2) is 0 Å². The molecule has 0 aliphatic rings. The molecule has 11 heteroatoms. The number of aryl methyl sites for hydroxylation is 1. The highest BCUT2D eigenvalue weighted by Crippen LogP contribution is 2.32. The Morgan fingerprint density at radius 2 is 1.49 bits per heavy atom. The topological polar surface area (TPSA) is 96.3 Å². The smallest absolute Gasteiger partial charge is 0.340 e. The minimum Gasteiger partial charge on any atom is -0.340 e. The highest BCUT2D eigenvalue weighted by molar-refractivity contribution is 6.09. The Morgan fingerprint density at radius 3 is 2.16 bits per heavy atom. The summed E-state index contributed by atoms with van der Waals surface area (Å²) in [7, 11) is 3.43. The number of carbonyl (C=O) groups excluding carboxylic acids is 3. The third kappa shape index (κ3) is 7.99. The number of amides is 3. The number of likely N-dealkylation sites (N-methyl/N-ethyl adjacent to an activating group) is 1. The van der Waals surface area contributed by atoms with Crippen LogP contribution in [0.25, 0.3) is 22.2 Å². The maximum absolute atomic E-state index is 13.8. The molecule has 8 nitrogen and oxygen atoms in total. The van der Waals surface area contributed by atoms with E-state index in [-0.39, 0.29) is 24.6 Å². The van der Waals surface area contributed by atoms with Crippen LogP contribution >= 0.6 is 0 Å². The van der Waals surface area contributed by atoms with E-state index in [1.54, 1.807) is 72.1 Å². The van der Waals surface area contributed by atoms with Gasteiger partial charge in [0.05, 0.1) is 16.8 Å². The minimum absolute atomic E-state index is 0. The Bertz CT molecular complexity index is 2170. The van der Waals surface area contributed by atoms with Gasteiger partial charge in [-0.3, -0.25) is 19.4 Å². The molecular weight excluding hydrogens is 655 g/mol. The van der Waals surface area contributed by atoms with Crippen LogP contribution in [0.1, 0.15) is 51.0 Å². The molecule has 2 heterocycles. The molecule has 51 heavy (non-hydrogen) atoms. The highest BCUT2D eigenvalue weighted by Gasteiger charge is 2.30. The van der Waals surface area contributed by atoms with E-state index in [2.05, 4.69) is 15.6 Å². The van der Waals surface area contributed by atoms with Crippen molar-refractivity contribution in [3.63, 3.8) is 0 Å². The molecule has 0 aliphatic carbocycles. The number of benzene rings is 4. The van der Waals surface area contributed by atoms with Crippen molar-refractivity contribution >= 4 is 34.3 Å². The molecule has 0 unspecified atom stereocenters. The maximum Gasteiger partial charge on any atom is 0.416 e. The number of pyridine rings is 1. The third-order valence-electron chi connectivity index (χ3n) is 8.37. The second kappa shape index (κ2) is 15.1. The Hall–Kier alpha value is -6.23. The Morgan fingerprint density at radius 1 is 0.824 bits per heavy atom. The minimum atomic E-state index is -4.49. The fourth-order valence-electron chi connectivity index (χ4n) is 5.77. The van der Waals surface area contributed by atoms with E-state index in [0.717, 1.165) is 17.7 Å². The Balaban J connectivity index is 0.00000504. The van der Waals surface area contributed by atoms with Gasteiger partial charge in [-0.1, -0.05) is 80.2 Å². The van der Waals surface area contributed by atoms with E-state index in [1.807, 2.05) is 48.5 Å². The summed E-state index contributed by atoms with van der Waals surface area (Å²) in [6.45, 7) is 0.367. The number of fused-ring (bicyclic) bond motifs is 1. The van der Waals surface area contributed by atoms with E-state index >= 15 is 0 Å². The zero-order valence-corrected chi connectivity index (χ0v) is 27.1. The molecule has 0 spiro atoms. The molecule has 1 atom stereocenters. The van der Waals surface area contributed by atoms with Gasteiger partial charge in [0.25, 0.3) is 11.8 Å². The van der Waals surface area contributed by atoms with Crippen LogP contribution in [0.4, 0.5) is 18.9 Å². The van der Waals surface area contributed by atoms with Crippen LogP contribution in [0.5, 0.6) is 0 Å². The molecule has 6 aromatic rings. The normalized spacial score (nSPS) is 11.7. The number of halogens is 3. The van der Waals surface area contributed by atoms with Gasteiger partial charge in [-0.2, -0.15) is 13.2 Å². The molecule has 2 N–H and O–H groups in total. The monoisotopic (exact) mass is 691 g/mol. The van der Waals surface area contributed by atoms with Crippen LogP contribution in [0.15, 0.2) is 128 Å². The second-order valence-corrected chi connectivity index (χ2v) is 11.8. The van der Waals surface area contributed by atoms with Gasteiger partial charge in [0, 0.05) is 49.0 Å². The molecule has 0 fully saturated rings. The van der Waals surface area contributed by atoms with Gasteiger partial charge in [-0.05, 0) is 59.7 Å². The van der Waals surface area contributed by atoms with Gasteiger partial charge in [-0.25, -0.2) is 0 Å². The standard InChI is InChI=1S/C39H32F3N5O3.CH4/c1-46(24-25-10-5-3-6-11-25)38(50)35(26-12-7-4-8-13-26)45-37(49)33-23-28-22-30(19-20-32(28)47(33)2)44-36(48)31-14-9-21-43-34(31)27-15-17-29(18-16-27)39(40,41)42;/h3-23,35H,24H2,1-2H3,(H,44,48)(H,45,49);1H4/t35-;/m0./s1. The number of alkyl halides is 3. The lowest BCUT2D eigenvalue weighted by molar-refractivity contribution is -0.137. The quantitative estimate of drug-likeness (QED) is 0.160. The molecule has 0 saturated heterocycles. The number of aromatic nitrogens is 2. The molecule has 3 amide bonds. The molecular formula is C40H36F3N5O3. The maximum atomic E-state index is 13.8. The largest absolute Gasteiger partial charge is 0.416 e. The molecule has 0 saturated carbocycles. The van der Waals surface area contributed by atoms with Gasteiger partial charge in [-0.15, -0.1) is 0 Å². The van der Waals surface area contributed by atoms with E-state index in [9.17, 15) is 27.6 Å². The van der Waals surface area contributed by atoms with Crippen molar-refractivity contribution in [2.24, 2.45) is 7.05 Å². The first kappa shape index (κ1) is 36.1. The summed E-state index contributed by atoms with van der Waals surface area (Å²) in [5.74, 6) is -1.24. The number of nitrogens with one attached hydrogen (secondary N) is 2. The summed E-state index contributed by atoms with van der Waals surface area (Å²) in [5, 5.41) is 6.43. The van der Waals surface area contributed by atoms with Gasteiger partial charge in [0.1, 0.15) is 11.7 Å². The molecule has 260 valence electrons. The van der Waals surface area contributed by atoms with Crippen molar-refractivity contribution < 1.29 is 27.6 Å². The summed E-state index contributed by atoms with van der Waals surface area (Å²) < 4.78 is 41.0. The number of carbonyl (C=O) groups is 3. The zero-order chi connectivity index (χ0) is 35.4. The molecule has 4 aromatic carbocycles. The van der Waals surface area contributed by atoms with Crippen LogP contribution in [-0.4, -0.2) is 39.2 Å². The van der Waals surface area contributed by atoms with E-state index in [4.69, 9.17) is 0 Å². The number of nitrogens with zero attached hydrogens (tertiary/aromatic N) is 3. The van der Waals surface area contributed by atoms with E-state index < -0.39 is 29.6 Å². The highest BCUT2D eigenvalue weighted by atomic mass is 19.4. The van der Waals surface area contributed by atoms with Crippen LogP contribution in [-0.2, 0) is 24.6 Å². The summed E-state index contributed by atoms with van der Waals surface area (Å²) in [4.78, 5) is 46.7. The molecule has 2 aromatic heterocycles. The summed E-state index contributed by atoms with van der Waals surface area (Å²) in [6, 6.07) is 32.1. The van der Waals surface area contributed by atoms with Crippen LogP contribution in [0.3, 0.4) is 0 Å². The fourth-order valence-corrected chi connectivity index (χ4v) is 5.77. The summed E-state index contributed by atoms with van der Waals surface area (Å²) >= 11 is 0. The van der Waals surface area contributed by atoms with Crippen molar-refractivity contribution in [2.45, 2.75) is 26.2 Å². The average molecular weight is 692 g/mol. The summed E-state index contributed by atoms with van der Waals surface area (Å²) in [5.41, 5.74) is 3.01. The van der Waals surface area contributed by atoms with Crippen molar-refractivity contribution in [1.82, 2.24) is 19.8 Å². The fraction of sp³-hybridized carbons (Fsp3) is 0.150. The first-order chi connectivity index (χ1) is 24.0. The average Bonchev–Trinajstić information content (AvgIpc) is 3.46. The SMILES string of the molecule is C.CN(Cc1ccccc1)C(=O)[C@@H](NC(=O)c1cc2cc(NC(=O)c3cccnc3-c3ccc(C(F)(F)F)cc3)ccc2n1C)c1ccccc1. The number of anilines is 1. The molecule has 6 rings (SSSR count). The lowest BCUT2D eigenvalue weighted by atomic mass is 10.0. The van der Waals surface area contributed by atoms with Crippen LogP contribution < -0.4 is 10.6 Å². The first-order valence-corrected chi connectivity index (χ1v) is 15.7. The Kier molecular flexibility index (Phi) is 10.7. The van der Waals surface area contributed by atoms with E-state index in [0.29, 0.717) is 40.0 Å². The lowest BCUT2D eigenvalue weighted by Crippen LogP contribution is -2.41. The second-order valence-electron chi connectivity index (χ2n) is 11.8. The first-order valence-electron chi connectivity index (χ1n) is 15.7. The van der Waals surface area contributed by atoms with Gasteiger partial charge in [0.2, 0.25) is 5.91 Å². The van der Waals surface area contributed by atoms with Crippen molar-refractivity contribution in [3.8, 4) is 11.3 Å². The zero-order valence-electron chi connectivity index (χ0n) is 27.1. The molecule has 0 aliphatic heterocycles. The summed E-state index contributed by atoms with van der Waals surface area (Å²) in [6.07, 6.45) is -3.02. The van der Waals surface area contributed by atoms with Crippen molar-refractivity contribution in [2.75, 3.05) is 12.4 Å². The Labute approximate surface area is 293 Å². The molecule has 0 bridgehead atoms. The van der Waals surface area contributed by atoms with E-state index in [1.165, 1.54) is 18.3 Å². The van der Waals surface area contributed by atoms with Crippen LogP contribution in [0, 0.1) is 0 Å². The van der Waals surface area contributed by atoms with Gasteiger partial charge < -0.3 is 20.1 Å². The van der Waals surface area contributed by atoms with Crippen molar-refractivity contribution in [3.05, 3.63) is 155 Å². The number of hydrogen-bond donors (Lipinski definition) is 2. The van der Waals surface area contributed by atoms with Crippen LogP contribution in [0.2, 0.25) is 0 Å². The van der Waals surface area contributed by atoms with Crippen molar-refractivity contribution in [1.29, 1.82) is 0 Å². The van der Waals surface area contributed by atoms with Gasteiger partial charge >= 0.3 is 6.18 Å². The number of rotatable bonds is 9. The predicted molar refractivity (Wildman–Crippen MR) is 192 cm³/mol.